The van der Waals surface area contributed by atoms with E-state index in [1.807, 2.05) is 0 Å². The lowest BCUT2D eigenvalue weighted by atomic mass is 10.1. The summed E-state index contributed by atoms with van der Waals surface area (Å²) in [6, 6.07) is 0. The number of nitrogens with zero attached hydrogens (tertiary/aromatic N) is 3. The Hall–Kier alpha value is -1.28. The smallest absolute Gasteiger partial charge is 0.241 e. The van der Waals surface area contributed by atoms with E-state index in [0.717, 1.165) is 18.8 Å². The van der Waals surface area contributed by atoms with Gasteiger partial charge in [-0.15, -0.1) is 0 Å². The molecule has 1 atom stereocenters. The van der Waals surface area contributed by atoms with Gasteiger partial charge in [-0.3, -0.25) is 0 Å². The largest absolute Gasteiger partial charge is 0.338 e. The highest BCUT2D eigenvalue weighted by Crippen LogP contribution is 2.18. The molecule has 6 nitrogen and oxygen atoms in total. The molecule has 0 saturated carbocycles. The van der Waals surface area contributed by atoms with E-state index in [-0.39, 0.29) is 11.4 Å². The first-order valence-electron chi connectivity index (χ1n) is 5.20. The number of piperidine rings is 1. The lowest BCUT2D eigenvalue weighted by molar-refractivity contribution is 0.285. The summed E-state index contributed by atoms with van der Waals surface area (Å²) in [6.07, 6.45) is 2.68. The normalized spacial score (nSPS) is 21.5. The molecule has 1 aliphatic rings. The molecule has 94 valence electrons. The van der Waals surface area contributed by atoms with Crippen LogP contribution in [0, 0.1) is 0 Å². The van der Waals surface area contributed by atoms with E-state index in [1.54, 1.807) is 4.90 Å². The second kappa shape index (κ2) is 4.53. The Labute approximate surface area is 98.7 Å². The SMILES string of the molecule is NS(=O)(=O)c1cnc(N2CCCC(F)C2)nc1. The molecule has 8 heteroatoms. The van der Waals surface area contributed by atoms with Crippen molar-refractivity contribution in [1.29, 1.82) is 0 Å². The quantitative estimate of drug-likeness (QED) is 0.812. The molecule has 1 aromatic rings. The minimum Gasteiger partial charge on any atom is -0.338 e. The Morgan fingerprint density at radius 1 is 1.41 bits per heavy atom. The van der Waals surface area contributed by atoms with E-state index in [2.05, 4.69) is 9.97 Å². The summed E-state index contributed by atoms with van der Waals surface area (Å²) >= 11 is 0. The molecular formula is C9H13FN4O2S. The summed E-state index contributed by atoms with van der Waals surface area (Å²) in [7, 11) is -3.78. The van der Waals surface area contributed by atoms with Crippen molar-refractivity contribution >= 4 is 16.0 Å². The van der Waals surface area contributed by atoms with Gasteiger partial charge in [0.15, 0.2) is 0 Å². The van der Waals surface area contributed by atoms with E-state index in [1.165, 1.54) is 0 Å². The maximum absolute atomic E-state index is 13.2. The molecule has 1 aromatic heterocycles. The Morgan fingerprint density at radius 2 is 2.06 bits per heavy atom. The molecule has 0 aromatic carbocycles. The molecule has 0 spiro atoms. The van der Waals surface area contributed by atoms with Crippen molar-refractivity contribution in [3.05, 3.63) is 12.4 Å². The highest BCUT2D eigenvalue weighted by atomic mass is 32.2. The van der Waals surface area contributed by atoms with E-state index < -0.39 is 16.2 Å². The number of halogens is 1. The lowest BCUT2D eigenvalue weighted by Gasteiger charge is -2.28. The van der Waals surface area contributed by atoms with Gasteiger partial charge in [0.2, 0.25) is 16.0 Å². The Bertz CT molecular complexity index is 490. The first-order chi connectivity index (χ1) is 7.97. The number of sulfonamides is 1. The van der Waals surface area contributed by atoms with Gasteiger partial charge in [0.1, 0.15) is 11.1 Å². The van der Waals surface area contributed by atoms with E-state index in [4.69, 9.17) is 5.14 Å². The number of nitrogens with two attached hydrogens (primary N) is 1. The molecule has 2 rings (SSSR count). The van der Waals surface area contributed by atoms with Crippen LogP contribution in [-0.4, -0.2) is 37.6 Å². The van der Waals surface area contributed by atoms with Gasteiger partial charge in [0.05, 0.1) is 18.9 Å². The van der Waals surface area contributed by atoms with Gasteiger partial charge >= 0.3 is 0 Å². The third-order valence-electron chi connectivity index (χ3n) is 2.59. The number of rotatable bonds is 2. The summed E-state index contributed by atoms with van der Waals surface area (Å²) in [5.41, 5.74) is 0. The van der Waals surface area contributed by atoms with E-state index >= 15 is 0 Å². The molecule has 0 aliphatic carbocycles. The zero-order valence-electron chi connectivity index (χ0n) is 9.08. The Balaban J connectivity index is 2.18. The molecule has 0 bridgehead atoms. The molecule has 2 heterocycles. The molecule has 1 saturated heterocycles. The number of primary sulfonamides is 1. The fourth-order valence-corrected chi connectivity index (χ4v) is 2.13. The molecule has 2 N–H and O–H groups in total. The Morgan fingerprint density at radius 3 is 2.59 bits per heavy atom. The summed E-state index contributed by atoms with van der Waals surface area (Å²) in [4.78, 5) is 9.34. The molecule has 0 amide bonds. The van der Waals surface area contributed by atoms with Crippen molar-refractivity contribution in [2.75, 3.05) is 18.0 Å². The average molecular weight is 260 g/mol. The van der Waals surface area contributed by atoms with Gasteiger partial charge in [-0.05, 0) is 12.8 Å². The number of hydrogen-bond acceptors (Lipinski definition) is 5. The topological polar surface area (TPSA) is 89.2 Å². The van der Waals surface area contributed by atoms with Crippen molar-refractivity contribution < 1.29 is 12.8 Å². The van der Waals surface area contributed by atoms with Gasteiger partial charge in [-0.1, -0.05) is 0 Å². The fourth-order valence-electron chi connectivity index (χ4n) is 1.73. The van der Waals surface area contributed by atoms with Crippen LogP contribution in [0.1, 0.15) is 12.8 Å². The van der Waals surface area contributed by atoms with Crippen molar-refractivity contribution in [2.24, 2.45) is 5.14 Å². The van der Waals surface area contributed by atoms with Crippen LogP contribution < -0.4 is 10.0 Å². The van der Waals surface area contributed by atoms with Crippen molar-refractivity contribution in [3.8, 4) is 0 Å². The minimum atomic E-state index is -3.78. The zero-order chi connectivity index (χ0) is 12.5. The molecule has 1 unspecified atom stereocenters. The predicted octanol–water partition coefficient (Wildman–Crippen LogP) is 0.0623. The first kappa shape index (κ1) is 12.2. The molecule has 1 aliphatic heterocycles. The van der Waals surface area contributed by atoms with Crippen LogP contribution in [0.5, 0.6) is 0 Å². The molecule has 0 radical (unpaired) electrons. The van der Waals surface area contributed by atoms with Gasteiger partial charge < -0.3 is 4.90 Å². The maximum atomic E-state index is 13.2. The highest BCUT2D eigenvalue weighted by Gasteiger charge is 2.21. The van der Waals surface area contributed by atoms with Crippen LogP contribution >= 0.6 is 0 Å². The minimum absolute atomic E-state index is 0.143. The summed E-state index contributed by atoms with van der Waals surface area (Å²) in [5, 5.41) is 4.93. The third-order valence-corrected chi connectivity index (χ3v) is 3.46. The van der Waals surface area contributed by atoms with Crippen LogP contribution in [0.25, 0.3) is 0 Å². The molecule has 17 heavy (non-hydrogen) atoms. The molecule has 1 fully saturated rings. The highest BCUT2D eigenvalue weighted by molar-refractivity contribution is 7.89. The van der Waals surface area contributed by atoms with Crippen molar-refractivity contribution in [3.63, 3.8) is 0 Å². The summed E-state index contributed by atoms with van der Waals surface area (Å²) in [5.74, 6) is 0.333. The van der Waals surface area contributed by atoms with Gasteiger partial charge in [-0.2, -0.15) is 0 Å². The van der Waals surface area contributed by atoms with Crippen LogP contribution in [-0.2, 0) is 10.0 Å². The van der Waals surface area contributed by atoms with Crippen molar-refractivity contribution in [2.45, 2.75) is 23.9 Å². The number of hydrogen-bond donors (Lipinski definition) is 1. The third kappa shape index (κ3) is 2.89. The van der Waals surface area contributed by atoms with Gasteiger partial charge in [0.25, 0.3) is 0 Å². The fraction of sp³-hybridized carbons (Fsp3) is 0.556. The monoisotopic (exact) mass is 260 g/mol. The van der Waals surface area contributed by atoms with Crippen LogP contribution in [0.3, 0.4) is 0 Å². The van der Waals surface area contributed by atoms with E-state index in [0.29, 0.717) is 18.9 Å². The maximum Gasteiger partial charge on any atom is 0.241 e. The number of alkyl halides is 1. The second-order valence-electron chi connectivity index (χ2n) is 3.95. The lowest BCUT2D eigenvalue weighted by Crippen LogP contribution is -2.37. The predicted molar refractivity (Wildman–Crippen MR) is 59.7 cm³/mol. The average Bonchev–Trinajstić information content (AvgIpc) is 2.28. The Kier molecular flexibility index (Phi) is 3.25. The summed E-state index contributed by atoms with van der Waals surface area (Å²) in [6.45, 7) is 0.920. The van der Waals surface area contributed by atoms with Gasteiger partial charge in [0, 0.05) is 6.54 Å². The van der Waals surface area contributed by atoms with Gasteiger partial charge in [-0.25, -0.2) is 27.9 Å². The summed E-state index contributed by atoms with van der Waals surface area (Å²) < 4.78 is 35.2. The standard InChI is InChI=1S/C9H13FN4O2S/c10-7-2-1-3-14(6-7)9-12-4-8(5-13-9)17(11,15)16/h4-5,7H,1-3,6H2,(H2,11,15,16). The zero-order valence-corrected chi connectivity index (χ0v) is 9.90. The van der Waals surface area contributed by atoms with Crippen LogP contribution in [0.15, 0.2) is 17.3 Å². The second-order valence-corrected chi connectivity index (χ2v) is 5.51. The van der Waals surface area contributed by atoms with Crippen LogP contribution in [0.4, 0.5) is 10.3 Å². The first-order valence-corrected chi connectivity index (χ1v) is 6.75. The number of anilines is 1. The molecular weight excluding hydrogens is 247 g/mol. The van der Waals surface area contributed by atoms with E-state index in [9.17, 15) is 12.8 Å². The number of aromatic nitrogens is 2. The van der Waals surface area contributed by atoms with Crippen molar-refractivity contribution in [1.82, 2.24) is 9.97 Å². The van der Waals surface area contributed by atoms with Crippen LogP contribution in [0.2, 0.25) is 0 Å².